The van der Waals surface area contributed by atoms with Crippen LogP contribution in [0.4, 0.5) is 11.4 Å². The number of amides is 2. The highest BCUT2D eigenvalue weighted by Crippen LogP contribution is 2.26. The number of rotatable bonds is 8. The molecule has 9 heteroatoms. The van der Waals surface area contributed by atoms with Crippen molar-refractivity contribution in [2.75, 3.05) is 24.4 Å². The van der Waals surface area contributed by atoms with E-state index in [2.05, 4.69) is 15.4 Å². The first-order valence-electron chi connectivity index (χ1n) is 10.7. The quantitative estimate of drug-likeness (QED) is 0.254. The molecule has 0 aliphatic rings. The van der Waals surface area contributed by atoms with Gasteiger partial charge in [-0.2, -0.15) is 5.26 Å². The van der Waals surface area contributed by atoms with Gasteiger partial charge < -0.3 is 20.1 Å². The number of carbonyl (C=O) groups excluding carboxylic acids is 3. The number of esters is 1. The summed E-state index contributed by atoms with van der Waals surface area (Å²) in [4.78, 5) is 36.2. The summed E-state index contributed by atoms with van der Waals surface area (Å²) in [5, 5.41) is 15.0. The van der Waals surface area contributed by atoms with Crippen molar-refractivity contribution in [3.05, 3.63) is 94.0 Å². The Balaban J connectivity index is 1.61. The number of nitrogens with zero attached hydrogens (tertiary/aromatic N) is 1. The van der Waals surface area contributed by atoms with Crippen LogP contribution in [0.5, 0.6) is 5.75 Å². The molecule has 182 valence electrons. The van der Waals surface area contributed by atoms with Gasteiger partial charge in [0.25, 0.3) is 11.8 Å². The number of halogens is 1. The monoisotopic (exact) mass is 503 g/mol. The molecule has 0 heterocycles. The van der Waals surface area contributed by atoms with E-state index in [9.17, 15) is 19.6 Å². The second-order valence-corrected chi connectivity index (χ2v) is 7.99. The fourth-order valence-electron chi connectivity index (χ4n) is 3.02. The number of anilines is 2. The van der Waals surface area contributed by atoms with Gasteiger partial charge in [-0.1, -0.05) is 35.4 Å². The summed E-state index contributed by atoms with van der Waals surface area (Å²) in [6.07, 6.45) is 1.37. The number of ether oxygens (including phenoxy) is 2. The molecular weight excluding hydrogens is 482 g/mol. The molecule has 0 aliphatic carbocycles. The van der Waals surface area contributed by atoms with Crippen LogP contribution in [0.25, 0.3) is 6.08 Å². The number of carbonyl (C=O) groups is 3. The summed E-state index contributed by atoms with van der Waals surface area (Å²) in [5.74, 6) is -1.20. The maximum atomic E-state index is 12.5. The minimum absolute atomic E-state index is 0.158. The van der Waals surface area contributed by atoms with Crippen LogP contribution in [0.3, 0.4) is 0 Å². The average Bonchev–Trinajstić information content (AvgIpc) is 2.88. The summed E-state index contributed by atoms with van der Waals surface area (Å²) in [6, 6.07) is 19.9. The molecule has 3 aromatic carbocycles. The van der Waals surface area contributed by atoms with Crippen LogP contribution in [0, 0.1) is 18.3 Å². The minimum atomic E-state index is -0.632. The molecule has 36 heavy (non-hydrogen) atoms. The van der Waals surface area contributed by atoms with Crippen molar-refractivity contribution >= 4 is 46.8 Å². The lowest BCUT2D eigenvalue weighted by Gasteiger charge is -2.10. The first kappa shape index (κ1) is 26.0. The Labute approximate surface area is 213 Å². The van der Waals surface area contributed by atoms with Crippen molar-refractivity contribution in [3.8, 4) is 11.8 Å². The topological polar surface area (TPSA) is 118 Å². The second-order valence-electron chi connectivity index (χ2n) is 7.59. The molecule has 3 rings (SSSR count). The summed E-state index contributed by atoms with van der Waals surface area (Å²) in [7, 11) is 1.27. The largest absolute Gasteiger partial charge is 0.482 e. The van der Waals surface area contributed by atoms with E-state index in [-0.39, 0.29) is 28.9 Å². The molecule has 0 radical (unpaired) electrons. The Kier molecular flexibility index (Phi) is 8.81. The lowest BCUT2D eigenvalue weighted by Crippen LogP contribution is -2.20. The zero-order valence-electron chi connectivity index (χ0n) is 19.5. The van der Waals surface area contributed by atoms with E-state index >= 15 is 0 Å². The van der Waals surface area contributed by atoms with Gasteiger partial charge in [-0.05, 0) is 67.1 Å². The number of methoxy groups -OCH3 is 1. The van der Waals surface area contributed by atoms with E-state index in [1.807, 2.05) is 25.1 Å². The number of nitrogens with one attached hydrogen (secondary N) is 2. The molecule has 0 atom stereocenters. The van der Waals surface area contributed by atoms with Crippen LogP contribution in [-0.2, 0) is 14.3 Å². The molecule has 0 saturated heterocycles. The molecule has 0 fully saturated rings. The summed E-state index contributed by atoms with van der Waals surface area (Å²) < 4.78 is 10.1. The zero-order chi connectivity index (χ0) is 26.1. The summed E-state index contributed by atoms with van der Waals surface area (Å²) >= 11 is 6.27. The van der Waals surface area contributed by atoms with Crippen LogP contribution in [0.15, 0.2) is 72.3 Å². The van der Waals surface area contributed by atoms with E-state index in [1.165, 1.54) is 43.5 Å². The fourth-order valence-corrected chi connectivity index (χ4v) is 3.27. The Bertz CT molecular complexity index is 1340. The van der Waals surface area contributed by atoms with E-state index in [0.29, 0.717) is 22.5 Å². The van der Waals surface area contributed by atoms with Crippen molar-refractivity contribution in [1.82, 2.24) is 0 Å². The second kappa shape index (κ2) is 12.2. The van der Waals surface area contributed by atoms with Crippen molar-refractivity contribution in [3.63, 3.8) is 0 Å². The summed E-state index contributed by atoms with van der Waals surface area (Å²) in [5.41, 5.74) is 2.80. The number of nitriles is 1. The molecule has 2 N–H and O–H groups in total. The van der Waals surface area contributed by atoms with Crippen LogP contribution >= 0.6 is 11.6 Å². The van der Waals surface area contributed by atoms with Crippen LogP contribution in [0.2, 0.25) is 5.02 Å². The predicted molar refractivity (Wildman–Crippen MR) is 137 cm³/mol. The first-order valence-corrected chi connectivity index (χ1v) is 11.1. The maximum absolute atomic E-state index is 12.5. The van der Waals surface area contributed by atoms with Crippen molar-refractivity contribution < 1.29 is 23.9 Å². The third-order valence-corrected chi connectivity index (χ3v) is 5.19. The molecule has 0 saturated carbocycles. The van der Waals surface area contributed by atoms with Crippen molar-refractivity contribution in [1.29, 1.82) is 5.26 Å². The molecule has 2 amide bonds. The molecule has 0 aromatic heterocycles. The highest BCUT2D eigenvalue weighted by molar-refractivity contribution is 6.32. The smallest absolute Gasteiger partial charge is 0.337 e. The maximum Gasteiger partial charge on any atom is 0.337 e. The average molecular weight is 504 g/mol. The number of hydrogen-bond acceptors (Lipinski definition) is 6. The third-order valence-electron chi connectivity index (χ3n) is 4.89. The highest BCUT2D eigenvalue weighted by Gasteiger charge is 2.12. The van der Waals surface area contributed by atoms with Gasteiger partial charge in [0.2, 0.25) is 0 Å². The van der Waals surface area contributed by atoms with E-state index in [0.717, 1.165) is 5.56 Å². The zero-order valence-corrected chi connectivity index (χ0v) is 20.3. The molecular formula is C27H22ClN3O5. The minimum Gasteiger partial charge on any atom is -0.482 e. The molecule has 0 spiro atoms. The van der Waals surface area contributed by atoms with Gasteiger partial charge in [-0.15, -0.1) is 0 Å². The Morgan fingerprint density at radius 1 is 0.972 bits per heavy atom. The van der Waals surface area contributed by atoms with E-state index in [4.69, 9.17) is 16.3 Å². The molecule has 0 aliphatic heterocycles. The van der Waals surface area contributed by atoms with Crippen molar-refractivity contribution in [2.45, 2.75) is 6.92 Å². The first-order chi connectivity index (χ1) is 17.3. The van der Waals surface area contributed by atoms with Gasteiger partial charge in [0.1, 0.15) is 17.4 Å². The van der Waals surface area contributed by atoms with Gasteiger partial charge in [0, 0.05) is 11.4 Å². The van der Waals surface area contributed by atoms with Crippen LogP contribution in [0.1, 0.15) is 21.5 Å². The van der Waals surface area contributed by atoms with Crippen molar-refractivity contribution in [2.24, 2.45) is 0 Å². The SMILES string of the molecule is COC(=O)c1ccc(NC(=O)/C(C#N)=C/c2ccc(OCC(=O)Nc3ccc(C)cc3)c(Cl)c2)cc1. The van der Waals surface area contributed by atoms with E-state index < -0.39 is 11.9 Å². The Morgan fingerprint density at radius 3 is 2.22 bits per heavy atom. The molecule has 0 unspecified atom stereocenters. The normalized spacial score (nSPS) is 10.7. The molecule has 3 aromatic rings. The lowest BCUT2D eigenvalue weighted by molar-refractivity contribution is -0.118. The van der Waals surface area contributed by atoms with Gasteiger partial charge >= 0.3 is 5.97 Å². The third kappa shape index (κ3) is 7.19. The van der Waals surface area contributed by atoms with Gasteiger partial charge in [-0.25, -0.2) is 4.79 Å². The predicted octanol–water partition coefficient (Wildman–Crippen LogP) is 5.00. The lowest BCUT2D eigenvalue weighted by atomic mass is 10.1. The Morgan fingerprint density at radius 2 is 1.61 bits per heavy atom. The van der Waals surface area contributed by atoms with Crippen LogP contribution in [-0.4, -0.2) is 31.5 Å². The number of hydrogen-bond donors (Lipinski definition) is 2. The number of aryl methyl sites for hydroxylation is 1. The molecule has 0 bridgehead atoms. The fraction of sp³-hybridized carbons (Fsp3) is 0.111. The standard InChI is InChI=1S/C27H22ClN3O5/c1-17-3-8-21(9-4-17)30-25(32)16-36-24-12-5-18(14-23(24)28)13-20(15-29)26(33)31-22-10-6-19(7-11-22)27(34)35-2/h3-14H,16H2,1-2H3,(H,30,32)(H,31,33)/b20-13+. The van der Waals surface area contributed by atoms with Crippen LogP contribution < -0.4 is 15.4 Å². The van der Waals surface area contributed by atoms with Gasteiger partial charge in [0.15, 0.2) is 6.61 Å². The number of benzene rings is 3. The van der Waals surface area contributed by atoms with E-state index in [1.54, 1.807) is 24.3 Å². The Hall–Kier alpha value is -4.61. The van der Waals surface area contributed by atoms with Gasteiger partial charge in [0.05, 0.1) is 17.7 Å². The van der Waals surface area contributed by atoms with Gasteiger partial charge in [-0.3, -0.25) is 9.59 Å². The summed E-state index contributed by atoms with van der Waals surface area (Å²) in [6.45, 7) is 1.71. The molecule has 8 nitrogen and oxygen atoms in total. The highest BCUT2D eigenvalue weighted by atomic mass is 35.5.